The average molecular weight is 731 g/mol. The Hall–Kier alpha value is -6.98. The standard InChI is InChI=1S/C52H39BN4/c1-52(2,3)38-32-47-49-48(33-38)57(40-18-8-5-9-19-40)46-25-23-37(51-42-21-13-11-15-35(42)27-29-55-51)31-44(46)53(49)43-30-36(50-41-20-12-10-14-34(41)26-28-54-50)22-24-45(43)56(47)39-16-6-4-7-17-39/h4-33H,1-3H3. The molecule has 0 N–H and O–H groups in total. The molecule has 2 aliphatic rings. The van der Waals surface area contributed by atoms with E-state index in [4.69, 9.17) is 9.97 Å². The number of nitrogens with zero attached hydrogens (tertiary/aromatic N) is 4. The van der Waals surface area contributed by atoms with Gasteiger partial charge in [-0.1, -0.05) is 130 Å². The molecule has 0 atom stereocenters. The van der Waals surface area contributed by atoms with Crippen molar-refractivity contribution in [1.29, 1.82) is 0 Å². The van der Waals surface area contributed by atoms with Gasteiger partial charge >= 0.3 is 0 Å². The molecule has 4 heterocycles. The van der Waals surface area contributed by atoms with Crippen LogP contribution in [0.4, 0.5) is 34.1 Å². The van der Waals surface area contributed by atoms with E-state index in [2.05, 4.69) is 200 Å². The van der Waals surface area contributed by atoms with Crippen LogP contribution < -0.4 is 26.2 Å². The van der Waals surface area contributed by atoms with Crippen molar-refractivity contribution < 1.29 is 0 Å². The predicted octanol–water partition coefficient (Wildman–Crippen LogP) is 11.5. The van der Waals surface area contributed by atoms with E-state index in [1.807, 2.05) is 12.4 Å². The Morgan fingerprint density at radius 2 is 0.877 bits per heavy atom. The summed E-state index contributed by atoms with van der Waals surface area (Å²) < 4.78 is 0. The van der Waals surface area contributed by atoms with Gasteiger partial charge < -0.3 is 9.80 Å². The molecule has 5 heteroatoms. The Labute approximate surface area is 333 Å². The van der Waals surface area contributed by atoms with Crippen LogP contribution in [0, 0.1) is 0 Å². The summed E-state index contributed by atoms with van der Waals surface area (Å²) in [5, 5.41) is 4.66. The third-order valence-corrected chi connectivity index (χ3v) is 11.9. The summed E-state index contributed by atoms with van der Waals surface area (Å²) in [7, 11) is 0. The molecule has 57 heavy (non-hydrogen) atoms. The summed E-state index contributed by atoms with van der Waals surface area (Å²) in [6, 6.07) is 61.9. The minimum absolute atomic E-state index is 0.0706. The highest BCUT2D eigenvalue weighted by Crippen LogP contribution is 2.47. The molecular weight excluding hydrogens is 691 g/mol. The van der Waals surface area contributed by atoms with Crippen molar-refractivity contribution in [1.82, 2.24) is 9.97 Å². The van der Waals surface area contributed by atoms with Gasteiger partial charge in [-0.15, -0.1) is 0 Å². The van der Waals surface area contributed by atoms with Gasteiger partial charge in [0.2, 0.25) is 0 Å². The lowest BCUT2D eigenvalue weighted by Crippen LogP contribution is -2.61. The van der Waals surface area contributed by atoms with E-state index >= 15 is 0 Å². The number of hydrogen-bond donors (Lipinski definition) is 0. The van der Waals surface area contributed by atoms with Crippen molar-refractivity contribution in [3.63, 3.8) is 0 Å². The van der Waals surface area contributed by atoms with Crippen LogP contribution in [0.2, 0.25) is 0 Å². The number of pyridine rings is 2. The molecule has 11 rings (SSSR count). The molecule has 4 nitrogen and oxygen atoms in total. The molecule has 270 valence electrons. The topological polar surface area (TPSA) is 32.3 Å². The fourth-order valence-electron chi connectivity index (χ4n) is 9.14. The largest absolute Gasteiger partial charge is 0.311 e. The van der Waals surface area contributed by atoms with E-state index < -0.39 is 0 Å². The lowest BCUT2D eigenvalue weighted by atomic mass is 9.33. The highest BCUT2D eigenvalue weighted by Gasteiger charge is 2.44. The van der Waals surface area contributed by atoms with Crippen LogP contribution in [0.3, 0.4) is 0 Å². The van der Waals surface area contributed by atoms with Crippen LogP contribution in [0.25, 0.3) is 44.1 Å². The van der Waals surface area contributed by atoms with E-state index in [9.17, 15) is 0 Å². The van der Waals surface area contributed by atoms with Gasteiger partial charge in [0.25, 0.3) is 6.71 Å². The van der Waals surface area contributed by atoms with Crippen LogP contribution in [0.1, 0.15) is 26.3 Å². The molecule has 0 bridgehead atoms. The van der Waals surface area contributed by atoms with Crippen LogP contribution in [0.5, 0.6) is 0 Å². The first kappa shape index (κ1) is 33.4. The fourth-order valence-corrected chi connectivity index (χ4v) is 9.14. The van der Waals surface area contributed by atoms with Crippen molar-refractivity contribution in [2.24, 2.45) is 0 Å². The molecule has 0 saturated heterocycles. The normalized spacial score (nSPS) is 13.1. The van der Waals surface area contributed by atoms with Gasteiger partial charge in [0.1, 0.15) is 0 Å². The first-order valence-corrected chi connectivity index (χ1v) is 19.8. The minimum Gasteiger partial charge on any atom is -0.311 e. The van der Waals surface area contributed by atoms with Crippen molar-refractivity contribution in [2.75, 3.05) is 9.80 Å². The molecular formula is C52H39BN4. The van der Waals surface area contributed by atoms with E-state index in [0.29, 0.717) is 0 Å². The van der Waals surface area contributed by atoms with Crippen LogP contribution >= 0.6 is 0 Å². The highest BCUT2D eigenvalue weighted by atomic mass is 15.2. The quantitative estimate of drug-likeness (QED) is 0.169. The van der Waals surface area contributed by atoms with Gasteiger partial charge in [-0.3, -0.25) is 9.97 Å². The minimum atomic E-state index is -0.0971. The summed E-state index contributed by atoms with van der Waals surface area (Å²) in [6.45, 7) is 6.89. The lowest BCUT2D eigenvalue weighted by molar-refractivity contribution is 0.590. The zero-order valence-electron chi connectivity index (χ0n) is 32.2. The maximum Gasteiger partial charge on any atom is 0.252 e. The molecule has 9 aromatic rings. The lowest BCUT2D eigenvalue weighted by Gasteiger charge is -2.45. The van der Waals surface area contributed by atoms with Gasteiger partial charge in [-0.05, 0) is 98.8 Å². The van der Waals surface area contributed by atoms with E-state index in [0.717, 1.165) is 44.7 Å². The Kier molecular flexibility index (Phi) is 7.49. The monoisotopic (exact) mass is 730 g/mol. The van der Waals surface area contributed by atoms with Crippen molar-refractivity contribution in [2.45, 2.75) is 26.2 Å². The zero-order valence-corrected chi connectivity index (χ0v) is 32.2. The first-order valence-electron chi connectivity index (χ1n) is 19.8. The Morgan fingerprint density at radius 3 is 1.33 bits per heavy atom. The number of benzene rings is 7. The number of anilines is 6. The number of para-hydroxylation sites is 2. The van der Waals surface area contributed by atoms with E-state index in [-0.39, 0.29) is 12.1 Å². The summed E-state index contributed by atoms with van der Waals surface area (Å²) in [5.74, 6) is 0. The summed E-state index contributed by atoms with van der Waals surface area (Å²) >= 11 is 0. The number of rotatable bonds is 4. The van der Waals surface area contributed by atoms with Gasteiger partial charge in [0.05, 0.1) is 11.4 Å². The number of aromatic nitrogens is 2. The fraction of sp³-hybridized carbons (Fsp3) is 0.0769. The summed E-state index contributed by atoms with van der Waals surface area (Å²) in [4.78, 5) is 15.0. The second kappa shape index (κ2) is 12.8. The van der Waals surface area contributed by atoms with Gasteiger partial charge in [-0.2, -0.15) is 0 Å². The Balaban J connectivity index is 1.26. The second-order valence-electron chi connectivity index (χ2n) is 16.3. The Bertz CT molecular complexity index is 2820. The SMILES string of the molecule is CC(C)(C)c1cc2c3c(c1)N(c1ccccc1)c1ccc(-c4nccc5ccccc45)cc1B3c1cc(-c3nccc4ccccc34)ccc1N2c1ccccc1. The van der Waals surface area contributed by atoms with Gasteiger partial charge in [0, 0.05) is 68.4 Å². The van der Waals surface area contributed by atoms with E-state index in [1.54, 1.807) is 0 Å². The maximum atomic E-state index is 5.02. The first-order chi connectivity index (χ1) is 27.9. The number of fused-ring (bicyclic) bond motifs is 6. The maximum absolute atomic E-state index is 5.02. The third kappa shape index (κ3) is 5.30. The summed E-state index contributed by atoms with van der Waals surface area (Å²) in [6.07, 6.45) is 3.87. The predicted molar refractivity (Wildman–Crippen MR) is 241 cm³/mol. The van der Waals surface area contributed by atoms with Crippen LogP contribution in [-0.2, 0) is 5.41 Å². The van der Waals surface area contributed by atoms with Gasteiger partial charge in [-0.25, -0.2) is 0 Å². The molecule has 7 aromatic carbocycles. The average Bonchev–Trinajstić information content (AvgIpc) is 3.25. The number of hydrogen-bond acceptors (Lipinski definition) is 4. The molecule has 0 fully saturated rings. The van der Waals surface area contributed by atoms with Crippen LogP contribution in [0.15, 0.2) is 182 Å². The Morgan fingerprint density at radius 1 is 0.439 bits per heavy atom. The van der Waals surface area contributed by atoms with E-state index in [1.165, 1.54) is 55.5 Å². The molecule has 0 amide bonds. The van der Waals surface area contributed by atoms with Crippen LogP contribution in [-0.4, -0.2) is 16.7 Å². The molecule has 0 aliphatic carbocycles. The highest BCUT2D eigenvalue weighted by molar-refractivity contribution is 7.00. The zero-order chi connectivity index (χ0) is 38.3. The van der Waals surface area contributed by atoms with Crippen molar-refractivity contribution in [3.8, 4) is 22.5 Å². The third-order valence-electron chi connectivity index (χ3n) is 11.9. The second-order valence-corrected chi connectivity index (χ2v) is 16.3. The van der Waals surface area contributed by atoms with Crippen molar-refractivity contribution in [3.05, 3.63) is 188 Å². The molecule has 2 aromatic heterocycles. The molecule has 0 spiro atoms. The van der Waals surface area contributed by atoms with Gasteiger partial charge in [0.15, 0.2) is 0 Å². The molecule has 0 radical (unpaired) electrons. The molecule has 0 unspecified atom stereocenters. The smallest absolute Gasteiger partial charge is 0.252 e. The summed E-state index contributed by atoms with van der Waals surface area (Å²) in [5.41, 5.74) is 16.2. The molecule has 0 saturated carbocycles. The molecule has 2 aliphatic heterocycles. The van der Waals surface area contributed by atoms with Crippen molar-refractivity contribution >= 4 is 78.8 Å².